The van der Waals surface area contributed by atoms with Crippen LogP contribution in [-0.4, -0.2) is 29.1 Å². The lowest BCUT2D eigenvalue weighted by molar-refractivity contribution is -0.160. The summed E-state index contributed by atoms with van der Waals surface area (Å²) in [6, 6.07) is -1.06. The highest BCUT2D eigenvalue weighted by Crippen LogP contribution is 2.17. The summed E-state index contributed by atoms with van der Waals surface area (Å²) in [4.78, 5) is 33.9. The van der Waals surface area contributed by atoms with E-state index in [1.807, 2.05) is 0 Å². The van der Waals surface area contributed by atoms with Crippen molar-refractivity contribution in [3.63, 3.8) is 0 Å². The highest BCUT2D eigenvalue weighted by atomic mass is 16.6. The van der Waals surface area contributed by atoms with Crippen LogP contribution in [0.1, 0.15) is 225 Å². The average molecular weight is 638 g/mol. The first-order valence-corrected chi connectivity index (χ1v) is 19.7. The molecule has 0 aromatic heterocycles. The molecule has 0 aromatic carbocycles. The van der Waals surface area contributed by atoms with Gasteiger partial charge in [-0.25, -0.2) is 4.79 Å². The molecule has 0 aromatic rings. The Morgan fingerprint density at radius 2 is 0.733 bits per heavy atom. The second-order valence-electron chi connectivity index (χ2n) is 13.7. The molecular weight excluding hydrogens is 562 g/mol. The number of esters is 2. The summed E-state index contributed by atoms with van der Waals surface area (Å²) in [7, 11) is 0. The maximum absolute atomic E-state index is 11.7. The van der Waals surface area contributed by atoms with Crippen molar-refractivity contribution >= 4 is 17.9 Å². The van der Waals surface area contributed by atoms with Gasteiger partial charge in [0.1, 0.15) is 6.04 Å². The number of nitrogens with two attached hydrogens (primary N) is 1. The molecule has 0 rings (SSSR count). The smallest absolute Gasteiger partial charge is 0.330 e. The zero-order valence-corrected chi connectivity index (χ0v) is 29.8. The Morgan fingerprint density at radius 3 is 1.00 bits per heavy atom. The van der Waals surface area contributed by atoms with Crippen molar-refractivity contribution in [2.45, 2.75) is 231 Å². The van der Waals surface area contributed by atoms with Crippen LogP contribution in [0.15, 0.2) is 0 Å². The molecule has 6 heteroatoms. The number of unbranched alkanes of at least 4 members (excludes halogenated alkanes) is 30. The molecule has 0 radical (unpaired) electrons. The number of carboxylic acid groups (broad SMARTS) is 1. The van der Waals surface area contributed by atoms with E-state index in [0.717, 1.165) is 12.8 Å². The molecule has 266 valence electrons. The van der Waals surface area contributed by atoms with Crippen LogP contribution in [0.2, 0.25) is 0 Å². The van der Waals surface area contributed by atoms with Crippen molar-refractivity contribution in [2.24, 2.45) is 5.73 Å². The summed E-state index contributed by atoms with van der Waals surface area (Å²) in [5.74, 6) is -2.43. The van der Waals surface area contributed by atoms with Gasteiger partial charge in [0.15, 0.2) is 0 Å². The number of carboxylic acids is 1. The monoisotopic (exact) mass is 638 g/mol. The third kappa shape index (κ3) is 35.3. The minimum Gasteiger partial charge on any atom is -0.481 e. The van der Waals surface area contributed by atoms with Crippen molar-refractivity contribution in [1.29, 1.82) is 0 Å². The molecule has 0 aliphatic carbocycles. The molecule has 0 saturated carbocycles. The number of ether oxygens (including phenoxy) is 1. The molecular formula is C39H75NO5. The predicted octanol–water partition coefficient (Wildman–Crippen LogP) is 11.8. The Balaban J connectivity index is 3.20. The number of carbonyl (C=O) groups excluding carboxylic acids is 2. The van der Waals surface area contributed by atoms with Crippen LogP contribution in [0.4, 0.5) is 0 Å². The van der Waals surface area contributed by atoms with Crippen molar-refractivity contribution < 1.29 is 24.2 Å². The molecule has 0 saturated heterocycles. The standard InChI is InChI=1S/C39H75NO5/c1-2-3-4-5-6-7-8-9-10-11-12-13-14-15-16-17-18-19-20-21-22-23-24-25-26-27-28-29-30-31-32-33-38(43)45-39(44)36(40)34-35-37(41)42/h36H,2-35,40H2,1H3,(H,41,42)/t36-/m0/s1. The number of aliphatic carboxylic acids is 1. The van der Waals surface area contributed by atoms with Gasteiger partial charge in [0.25, 0.3) is 0 Å². The van der Waals surface area contributed by atoms with E-state index in [0.29, 0.717) is 6.42 Å². The molecule has 45 heavy (non-hydrogen) atoms. The third-order valence-electron chi connectivity index (χ3n) is 9.17. The minimum atomic E-state index is -1.06. The Labute approximate surface area is 278 Å². The first-order valence-electron chi connectivity index (χ1n) is 19.7. The van der Waals surface area contributed by atoms with Crippen LogP contribution < -0.4 is 5.73 Å². The summed E-state index contributed by atoms with van der Waals surface area (Å²) >= 11 is 0. The van der Waals surface area contributed by atoms with Gasteiger partial charge in [-0.3, -0.25) is 9.59 Å². The van der Waals surface area contributed by atoms with Crippen molar-refractivity contribution in [3.8, 4) is 0 Å². The van der Waals surface area contributed by atoms with E-state index < -0.39 is 23.9 Å². The normalized spacial score (nSPS) is 12.0. The second-order valence-corrected chi connectivity index (χ2v) is 13.7. The van der Waals surface area contributed by atoms with E-state index in [2.05, 4.69) is 6.92 Å². The quantitative estimate of drug-likeness (QED) is 0.0402. The Hall–Kier alpha value is -1.43. The molecule has 0 unspecified atom stereocenters. The van der Waals surface area contributed by atoms with Crippen molar-refractivity contribution in [1.82, 2.24) is 0 Å². The number of carbonyl (C=O) groups is 3. The maximum atomic E-state index is 11.7. The van der Waals surface area contributed by atoms with Crippen LogP contribution >= 0.6 is 0 Å². The van der Waals surface area contributed by atoms with Crippen molar-refractivity contribution in [3.05, 3.63) is 0 Å². The van der Waals surface area contributed by atoms with Gasteiger partial charge in [0, 0.05) is 12.8 Å². The first kappa shape index (κ1) is 43.6. The van der Waals surface area contributed by atoms with Crippen molar-refractivity contribution in [2.75, 3.05) is 0 Å². The summed E-state index contributed by atoms with van der Waals surface area (Å²) in [5.41, 5.74) is 5.56. The fourth-order valence-electron chi connectivity index (χ4n) is 6.10. The van der Waals surface area contributed by atoms with E-state index in [4.69, 9.17) is 15.6 Å². The zero-order chi connectivity index (χ0) is 33.1. The highest BCUT2D eigenvalue weighted by molar-refractivity contribution is 5.88. The lowest BCUT2D eigenvalue weighted by Gasteiger charge is -2.09. The van der Waals surface area contributed by atoms with E-state index in [1.165, 1.54) is 180 Å². The van der Waals surface area contributed by atoms with Gasteiger partial charge in [-0.15, -0.1) is 0 Å². The number of hydrogen-bond acceptors (Lipinski definition) is 5. The Kier molecular flexibility index (Phi) is 34.3. The molecule has 0 heterocycles. The van der Waals surface area contributed by atoms with Crippen LogP contribution in [0, 0.1) is 0 Å². The van der Waals surface area contributed by atoms with E-state index in [9.17, 15) is 14.4 Å². The molecule has 0 aliphatic rings. The lowest BCUT2D eigenvalue weighted by atomic mass is 10.0. The maximum Gasteiger partial charge on any atom is 0.330 e. The molecule has 6 nitrogen and oxygen atoms in total. The fourth-order valence-corrected chi connectivity index (χ4v) is 6.10. The first-order chi connectivity index (χ1) is 22.0. The topological polar surface area (TPSA) is 107 Å². The van der Waals surface area contributed by atoms with Crippen LogP contribution in [0.5, 0.6) is 0 Å². The number of rotatable bonds is 36. The molecule has 0 spiro atoms. The molecule has 0 aliphatic heterocycles. The largest absolute Gasteiger partial charge is 0.481 e. The molecule has 1 atom stereocenters. The Morgan fingerprint density at radius 1 is 0.467 bits per heavy atom. The molecule has 3 N–H and O–H groups in total. The average Bonchev–Trinajstić information content (AvgIpc) is 3.02. The molecule has 0 amide bonds. The van der Waals surface area contributed by atoms with Gasteiger partial charge in [-0.05, 0) is 12.8 Å². The van der Waals surface area contributed by atoms with Crippen LogP contribution in [-0.2, 0) is 19.1 Å². The van der Waals surface area contributed by atoms with Gasteiger partial charge in [0.2, 0.25) is 0 Å². The predicted molar refractivity (Wildman–Crippen MR) is 189 cm³/mol. The van der Waals surface area contributed by atoms with E-state index >= 15 is 0 Å². The Bertz CT molecular complexity index is 668. The van der Waals surface area contributed by atoms with Gasteiger partial charge < -0.3 is 15.6 Å². The third-order valence-corrected chi connectivity index (χ3v) is 9.17. The SMILES string of the molecule is CCCCCCCCCCCCCCCCCCCCCCCCCCCCCCCCCC(=O)OC(=O)[C@@H](N)CCC(=O)O. The van der Waals surface area contributed by atoms with Crippen LogP contribution in [0.25, 0.3) is 0 Å². The fraction of sp³-hybridized carbons (Fsp3) is 0.923. The second kappa shape index (κ2) is 35.4. The van der Waals surface area contributed by atoms with E-state index in [-0.39, 0.29) is 19.3 Å². The number of hydrogen-bond donors (Lipinski definition) is 2. The van der Waals surface area contributed by atoms with Gasteiger partial charge >= 0.3 is 17.9 Å². The summed E-state index contributed by atoms with van der Waals surface area (Å²) in [6.45, 7) is 2.29. The summed E-state index contributed by atoms with van der Waals surface area (Å²) in [6.07, 6.45) is 42.2. The van der Waals surface area contributed by atoms with Gasteiger partial charge in [-0.2, -0.15) is 0 Å². The van der Waals surface area contributed by atoms with Gasteiger partial charge in [0.05, 0.1) is 0 Å². The van der Waals surface area contributed by atoms with Crippen LogP contribution in [0.3, 0.4) is 0 Å². The summed E-state index contributed by atoms with van der Waals surface area (Å²) < 4.78 is 4.71. The lowest BCUT2D eigenvalue weighted by Crippen LogP contribution is -2.34. The molecule has 0 fully saturated rings. The highest BCUT2D eigenvalue weighted by Gasteiger charge is 2.19. The summed E-state index contributed by atoms with van der Waals surface area (Å²) in [5, 5.41) is 8.62. The zero-order valence-electron chi connectivity index (χ0n) is 29.8. The van der Waals surface area contributed by atoms with E-state index in [1.54, 1.807) is 0 Å². The molecule has 0 bridgehead atoms. The van der Waals surface area contributed by atoms with Gasteiger partial charge in [-0.1, -0.05) is 200 Å². The minimum absolute atomic E-state index is 0.0267.